The smallest absolute Gasteiger partial charge is 0.328 e. The van der Waals surface area contributed by atoms with E-state index in [0.717, 1.165) is 32.1 Å². The van der Waals surface area contributed by atoms with Gasteiger partial charge in [0.25, 0.3) is 0 Å². The van der Waals surface area contributed by atoms with Crippen molar-refractivity contribution in [1.29, 1.82) is 0 Å². The number of aliphatic carboxylic acids is 1. The van der Waals surface area contributed by atoms with Gasteiger partial charge in [-0.1, -0.05) is 41.9 Å². The Hall–Kier alpha value is -2.37. The van der Waals surface area contributed by atoms with Gasteiger partial charge in [0.15, 0.2) is 0 Å². The number of rotatable bonds is 6. The van der Waals surface area contributed by atoms with Crippen LogP contribution in [0.3, 0.4) is 0 Å². The van der Waals surface area contributed by atoms with Crippen molar-refractivity contribution in [3.8, 4) is 0 Å². The van der Waals surface area contributed by atoms with Crippen LogP contribution in [0.25, 0.3) is 6.08 Å². The van der Waals surface area contributed by atoms with Crippen molar-refractivity contribution in [3.63, 3.8) is 0 Å². The monoisotopic (exact) mass is 357 g/mol. The molecule has 2 heterocycles. The number of anilines is 1. The van der Waals surface area contributed by atoms with Crippen LogP contribution in [-0.4, -0.2) is 40.1 Å². The number of likely N-dealkylation sites (tertiary alicyclic amines) is 1. The van der Waals surface area contributed by atoms with Crippen LogP contribution in [-0.2, 0) is 11.3 Å². The first-order chi connectivity index (χ1) is 12.1. The SMILES string of the molecule is O=C(O)C=Cc1cnc(N[C@@H]2CCN(Cc3ccccc3)C2)c(Cl)c1. The van der Waals surface area contributed by atoms with E-state index >= 15 is 0 Å². The lowest BCUT2D eigenvalue weighted by Crippen LogP contribution is -2.26. The summed E-state index contributed by atoms with van der Waals surface area (Å²) in [4.78, 5) is 17.3. The van der Waals surface area contributed by atoms with Gasteiger partial charge in [0.2, 0.25) is 0 Å². The van der Waals surface area contributed by atoms with E-state index in [4.69, 9.17) is 16.7 Å². The lowest BCUT2D eigenvalue weighted by molar-refractivity contribution is -0.131. The predicted octanol–water partition coefficient (Wildman–Crippen LogP) is 3.52. The molecule has 0 bridgehead atoms. The number of halogens is 1. The van der Waals surface area contributed by atoms with E-state index in [1.807, 2.05) is 6.07 Å². The van der Waals surface area contributed by atoms with Crippen molar-refractivity contribution >= 4 is 29.5 Å². The number of aromatic nitrogens is 1. The fraction of sp³-hybridized carbons (Fsp3) is 0.263. The van der Waals surface area contributed by atoms with Crippen LogP contribution >= 0.6 is 11.6 Å². The zero-order valence-corrected chi connectivity index (χ0v) is 14.5. The number of carbonyl (C=O) groups is 1. The van der Waals surface area contributed by atoms with Gasteiger partial charge in [0.05, 0.1) is 5.02 Å². The Kier molecular flexibility index (Phi) is 5.68. The quantitative estimate of drug-likeness (QED) is 0.774. The molecule has 1 aliphatic heterocycles. The van der Waals surface area contributed by atoms with E-state index in [0.29, 0.717) is 22.4 Å². The van der Waals surface area contributed by atoms with Crippen molar-refractivity contribution in [2.45, 2.75) is 19.0 Å². The van der Waals surface area contributed by atoms with E-state index in [2.05, 4.69) is 39.5 Å². The van der Waals surface area contributed by atoms with Gasteiger partial charge in [-0.2, -0.15) is 0 Å². The first kappa shape index (κ1) is 17.5. The van der Waals surface area contributed by atoms with Crippen LogP contribution in [0.15, 0.2) is 48.7 Å². The lowest BCUT2D eigenvalue weighted by atomic mass is 10.2. The van der Waals surface area contributed by atoms with Crippen molar-refractivity contribution in [2.24, 2.45) is 0 Å². The normalized spacial score (nSPS) is 17.9. The maximum atomic E-state index is 10.6. The van der Waals surface area contributed by atoms with E-state index in [1.54, 1.807) is 12.3 Å². The number of hydrogen-bond acceptors (Lipinski definition) is 4. The zero-order valence-electron chi connectivity index (χ0n) is 13.7. The molecule has 1 atom stereocenters. The minimum atomic E-state index is -0.997. The molecule has 2 aromatic rings. The summed E-state index contributed by atoms with van der Waals surface area (Å²) < 4.78 is 0. The molecule has 1 saturated heterocycles. The highest BCUT2D eigenvalue weighted by molar-refractivity contribution is 6.33. The average Bonchev–Trinajstić information content (AvgIpc) is 3.03. The van der Waals surface area contributed by atoms with E-state index in [9.17, 15) is 4.79 Å². The molecule has 3 rings (SSSR count). The second-order valence-corrected chi connectivity index (χ2v) is 6.53. The minimum absolute atomic E-state index is 0.300. The fourth-order valence-corrected chi connectivity index (χ4v) is 3.18. The topological polar surface area (TPSA) is 65.5 Å². The lowest BCUT2D eigenvalue weighted by Gasteiger charge is -2.17. The van der Waals surface area contributed by atoms with Gasteiger partial charge in [-0.15, -0.1) is 0 Å². The summed E-state index contributed by atoms with van der Waals surface area (Å²) in [5.74, 6) is -0.358. The molecule has 130 valence electrons. The molecule has 0 unspecified atom stereocenters. The highest BCUT2D eigenvalue weighted by Gasteiger charge is 2.23. The molecule has 1 aromatic carbocycles. The molecule has 0 aliphatic carbocycles. The van der Waals surface area contributed by atoms with Crippen LogP contribution in [0, 0.1) is 0 Å². The highest BCUT2D eigenvalue weighted by Crippen LogP contribution is 2.24. The summed E-state index contributed by atoms with van der Waals surface area (Å²) in [6.07, 6.45) is 5.19. The third-order valence-corrected chi connectivity index (χ3v) is 4.43. The molecule has 5 nitrogen and oxygen atoms in total. The Morgan fingerprint density at radius 3 is 2.92 bits per heavy atom. The summed E-state index contributed by atoms with van der Waals surface area (Å²) >= 11 is 6.27. The molecule has 0 spiro atoms. The van der Waals surface area contributed by atoms with Crippen LogP contribution in [0.5, 0.6) is 0 Å². The molecule has 0 amide bonds. The second kappa shape index (κ2) is 8.14. The predicted molar refractivity (Wildman–Crippen MR) is 99.7 cm³/mol. The van der Waals surface area contributed by atoms with Crippen LogP contribution < -0.4 is 5.32 Å². The summed E-state index contributed by atoms with van der Waals surface area (Å²) in [6, 6.07) is 12.4. The Bertz CT molecular complexity index is 765. The largest absolute Gasteiger partial charge is 0.478 e. The molecule has 1 fully saturated rings. The van der Waals surface area contributed by atoms with Gasteiger partial charge in [0, 0.05) is 37.9 Å². The molecule has 0 radical (unpaired) electrons. The van der Waals surface area contributed by atoms with Crippen LogP contribution in [0.4, 0.5) is 5.82 Å². The summed E-state index contributed by atoms with van der Waals surface area (Å²) in [5.41, 5.74) is 1.98. The number of carboxylic acids is 1. The van der Waals surface area contributed by atoms with Crippen molar-refractivity contribution in [3.05, 3.63) is 64.8 Å². The second-order valence-electron chi connectivity index (χ2n) is 6.12. The maximum Gasteiger partial charge on any atom is 0.328 e. The molecular weight excluding hydrogens is 338 g/mol. The maximum absolute atomic E-state index is 10.6. The van der Waals surface area contributed by atoms with Gasteiger partial charge in [-0.25, -0.2) is 9.78 Å². The Balaban J connectivity index is 1.57. The number of pyridine rings is 1. The third kappa shape index (κ3) is 5.05. The van der Waals surface area contributed by atoms with Gasteiger partial charge in [-0.3, -0.25) is 4.90 Å². The van der Waals surface area contributed by atoms with Gasteiger partial charge in [0.1, 0.15) is 5.82 Å². The van der Waals surface area contributed by atoms with E-state index < -0.39 is 5.97 Å². The first-order valence-electron chi connectivity index (χ1n) is 8.19. The average molecular weight is 358 g/mol. The highest BCUT2D eigenvalue weighted by atomic mass is 35.5. The Labute approximate surface area is 152 Å². The minimum Gasteiger partial charge on any atom is -0.478 e. The molecule has 25 heavy (non-hydrogen) atoms. The molecule has 1 aliphatic rings. The molecule has 0 saturated carbocycles. The number of nitrogens with one attached hydrogen (secondary N) is 1. The summed E-state index contributed by atoms with van der Waals surface area (Å²) in [5, 5.41) is 12.5. The first-order valence-corrected chi connectivity index (χ1v) is 8.57. The number of benzene rings is 1. The van der Waals surface area contributed by atoms with Crippen molar-refractivity contribution < 1.29 is 9.90 Å². The third-order valence-electron chi connectivity index (χ3n) is 4.14. The van der Waals surface area contributed by atoms with Crippen molar-refractivity contribution in [1.82, 2.24) is 9.88 Å². The molecule has 6 heteroatoms. The number of nitrogens with zero attached hydrogens (tertiary/aromatic N) is 2. The van der Waals surface area contributed by atoms with Gasteiger partial charge >= 0.3 is 5.97 Å². The zero-order chi connectivity index (χ0) is 17.6. The fourth-order valence-electron chi connectivity index (χ4n) is 2.95. The van der Waals surface area contributed by atoms with Crippen LogP contribution in [0.2, 0.25) is 5.02 Å². The summed E-state index contributed by atoms with van der Waals surface area (Å²) in [7, 11) is 0. The molecular formula is C19H20ClN3O2. The standard InChI is InChI=1S/C19H20ClN3O2/c20-17-10-15(6-7-18(24)25)11-21-19(17)22-16-8-9-23(13-16)12-14-4-2-1-3-5-14/h1-7,10-11,16H,8-9,12-13H2,(H,21,22)(H,24,25)/t16-/m1/s1. The van der Waals surface area contributed by atoms with E-state index in [-0.39, 0.29) is 0 Å². The van der Waals surface area contributed by atoms with Gasteiger partial charge < -0.3 is 10.4 Å². The molecule has 1 aromatic heterocycles. The number of hydrogen-bond donors (Lipinski definition) is 2. The number of carboxylic acid groups (broad SMARTS) is 1. The Morgan fingerprint density at radius 1 is 1.40 bits per heavy atom. The summed E-state index contributed by atoms with van der Waals surface area (Å²) in [6.45, 7) is 2.91. The molecule has 2 N–H and O–H groups in total. The Morgan fingerprint density at radius 2 is 2.20 bits per heavy atom. The van der Waals surface area contributed by atoms with Crippen molar-refractivity contribution in [2.75, 3.05) is 18.4 Å². The van der Waals surface area contributed by atoms with Gasteiger partial charge in [-0.05, 0) is 29.7 Å². The van der Waals surface area contributed by atoms with Crippen LogP contribution in [0.1, 0.15) is 17.5 Å². The van der Waals surface area contributed by atoms with E-state index in [1.165, 1.54) is 11.6 Å².